The summed E-state index contributed by atoms with van der Waals surface area (Å²) in [4.78, 5) is 20.5. The van der Waals surface area contributed by atoms with Crippen LogP contribution in [0.4, 0.5) is 0 Å². The lowest BCUT2D eigenvalue weighted by Crippen LogP contribution is -2.10. The van der Waals surface area contributed by atoms with Gasteiger partial charge in [0.15, 0.2) is 17.5 Å². The molecule has 4 nitrogen and oxygen atoms in total. The van der Waals surface area contributed by atoms with Crippen LogP contribution < -0.4 is 0 Å². The molecular formula is C54H40N4. The molecule has 0 unspecified atom stereocenters. The Morgan fingerprint density at radius 1 is 0.328 bits per heavy atom. The summed E-state index contributed by atoms with van der Waals surface area (Å²) in [5.74, 6) is 1.90. The van der Waals surface area contributed by atoms with Gasteiger partial charge in [-0.1, -0.05) is 178 Å². The molecular weight excluding hydrogens is 705 g/mol. The van der Waals surface area contributed by atoms with Crippen LogP contribution in [0.5, 0.6) is 0 Å². The zero-order chi connectivity index (χ0) is 39.2. The molecule has 0 fully saturated rings. The number of para-hydroxylation sites is 1. The van der Waals surface area contributed by atoms with E-state index in [2.05, 4.69) is 148 Å². The Morgan fingerprint density at radius 3 is 1.52 bits per heavy atom. The van der Waals surface area contributed by atoms with E-state index in [1.807, 2.05) is 60.7 Å². The highest BCUT2D eigenvalue weighted by atomic mass is 15.0. The number of aromatic nitrogens is 4. The summed E-state index contributed by atoms with van der Waals surface area (Å²) in [5.41, 5.74) is 11.7. The maximum Gasteiger partial charge on any atom is 0.164 e. The summed E-state index contributed by atoms with van der Waals surface area (Å²) in [6.07, 6.45) is 0. The molecule has 0 atom stereocenters. The van der Waals surface area contributed by atoms with Gasteiger partial charge in [-0.25, -0.2) is 19.9 Å². The average molecular weight is 745 g/mol. The third-order valence-electron chi connectivity index (χ3n) is 11.1. The van der Waals surface area contributed by atoms with Crippen molar-refractivity contribution < 1.29 is 0 Å². The average Bonchev–Trinajstić information content (AvgIpc) is 3.28. The highest BCUT2D eigenvalue weighted by molar-refractivity contribution is 6.13. The molecule has 2 heterocycles. The number of benzene rings is 8. The predicted molar refractivity (Wildman–Crippen MR) is 241 cm³/mol. The number of nitrogens with zero attached hydrogens (tertiary/aromatic N) is 4. The second-order valence-electron chi connectivity index (χ2n) is 15.9. The molecule has 276 valence electrons. The number of hydrogen-bond acceptors (Lipinski definition) is 4. The topological polar surface area (TPSA) is 51.6 Å². The largest absolute Gasteiger partial charge is 0.247 e. The number of pyridine rings is 1. The molecule has 8 aromatic carbocycles. The van der Waals surface area contributed by atoms with Gasteiger partial charge in [0, 0.05) is 33.0 Å². The quantitative estimate of drug-likeness (QED) is 0.159. The van der Waals surface area contributed by atoms with Gasteiger partial charge >= 0.3 is 0 Å². The van der Waals surface area contributed by atoms with Crippen LogP contribution in [0.15, 0.2) is 188 Å². The molecule has 0 aliphatic carbocycles. The van der Waals surface area contributed by atoms with Gasteiger partial charge in [-0.05, 0) is 79.7 Å². The van der Waals surface area contributed by atoms with Gasteiger partial charge in [0.2, 0.25) is 0 Å². The second-order valence-corrected chi connectivity index (χ2v) is 15.9. The normalized spacial score (nSPS) is 11.7. The molecule has 0 amide bonds. The zero-order valence-electron chi connectivity index (χ0n) is 32.7. The van der Waals surface area contributed by atoms with E-state index < -0.39 is 0 Å². The number of fused-ring (bicyclic) bond motifs is 4. The smallest absolute Gasteiger partial charge is 0.164 e. The van der Waals surface area contributed by atoms with Crippen molar-refractivity contribution in [1.82, 2.24) is 19.9 Å². The van der Waals surface area contributed by atoms with Crippen LogP contribution in [-0.2, 0) is 5.41 Å². The molecule has 4 heteroatoms. The maximum atomic E-state index is 5.25. The fourth-order valence-corrected chi connectivity index (χ4v) is 7.97. The second kappa shape index (κ2) is 14.3. The van der Waals surface area contributed by atoms with Crippen LogP contribution in [-0.4, -0.2) is 19.9 Å². The van der Waals surface area contributed by atoms with Crippen molar-refractivity contribution in [3.8, 4) is 67.7 Å². The summed E-state index contributed by atoms with van der Waals surface area (Å²) < 4.78 is 0. The molecule has 10 rings (SSSR count). The van der Waals surface area contributed by atoms with Crippen molar-refractivity contribution in [3.63, 3.8) is 0 Å². The van der Waals surface area contributed by atoms with Crippen molar-refractivity contribution in [1.29, 1.82) is 0 Å². The van der Waals surface area contributed by atoms with Gasteiger partial charge in [0.1, 0.15) is 0 Å². The first kappa shape index (κ1) is 35.1. The van der Waals surface area contributed by atoms with Crippen LogP contribution in [0.25, 0.3) is 100 Å². The van der Waals surface area contributed by atoms with Gasteiger partial charge in [0.05, 0.1) is 11.2 Å². The predicted octanol–water partition coefficient (Wildman–Crippen LogP) is 14.0. The Hall–Kier alpha value is -7.30. The summed E-state index contributed by atoms with van der Waals surface area (Å²) >= 11 is 0. The third-order valence-corrected chi connectivity index (χ3v) is 11.1. The molecule has 0 N–H and O–H groups in total. The van der Waals surface area contributed by atoms with E-state index in [0.29, 0.717) is 17.5 Å². The van der Waals surface area contributed by atoms with Crippen LogP contribution in [0, 0.1) is 0 Å². The first-order chi connectivity index (χ1) is 28.4. The van der Waals surface area contributed by atoms with E-state index >= 15 is 0 Å². The summed E-state index contributed by atoms with van der Waals surface area (Å²) in [6.45, 7) is 6.75. The van der Waals surface area contributed by atoms with Crippen molar-refractivity contribution in [3.05, 3.63) is 194 Å². The van der Waals surface area contributed by atoms with E-state index in [1.54, 1.807) is 0 Å². The Labute approximate surface area is 338 Å². The van der Waals surface area contributed by atoms with Crippen LogP contribution in [0.1, 0.15) is 26.3 Å². The van der Waals surface area contributed by atoms with E-state index in [9.17, 15) is 0 Å². The molecule has 0 spiro atoms. The number of hydrogen-bond donors (Lipinski definition) is 0. The fourth-order valence-electron chi connectivity index (χ4n) is 7.97. The van der Waals surface area contributed by atoms with Crippen LogP contribution >= 0.6 is 0 Å². The maximum absolute atomic E-state index is 5.25. The minimum Gasteiger partial charge on any atom is -0.247 e. The minimum atomic E-state index is 0.0523. The fraction of sp³-hybridized carbons (Fsp3) is 0.0741. The molecule has 0 aliphatic heterocycles. The first-order valence-electron chi connectivity index (χ1n) is 19.8. The Morgan fingerprint density at radius 2 is 0.862 bits per heavy atom. The SMILES string of the molecule is CC(C)(C)c1ccc(-c2cc(-c3ccc4c(-c5nc6ccccc6c6ccccc56)cccc4c3)cc(-c3nc(-c4ccccc4)nc(-c4ccccc4)n3)c2)cc1. The monoisotopic (exact) mass is 744 g/mol. The van der Waals surface area contributed by atoms with Crippen molar-refractivity contribution in [2.75, 3.05) is 0 Å². The van der Waals surface area contributed by atoms with E-state index in [1.165, 1.54) is 10.9 Å². The van der Waals surface area contributed by atoms with Gasteiger partial charge < -0.3 is 0 Å². The molecule has 10 aromatic rings. The van der Waals surface area contributed by atoms with Gasteiger partial charge in [0.25, 0.3) is 0 Å². The van der Waals surface area contributed by atoms with Crippen LogP contribution in [0.2, 0.25) is 0 Å². The molecule has 0 aliphatic rings. The molecule has 58 heavy (non-hydrogen) atoms. The summed E-state index contributed by atoms with van der Waals surface area (Å²) in [6, 6.07) is 66.3. The first-order valence-corrected chi connectivity index (χ1v) is 19.8. The van der Waals surface area contributed by atoms with Crippen molar-refractivity contribution >= 4 is 32.4 Å². The Kier molecular flexibility index (Phi) is 8.68. The van der Waals surface area contributed by atoms with Gasteiger partial charge in [-0.2, -0.15) is 0 Å². The number of rotatable bonds is 6. The van der Waals surface area contributed by atoms with E-state index in [-0.39, 0.29) is 5.41 Å². The molecule has 0 saturated carbocycles. The lowest BCUT2D eigenvalue weighted by atomic mass is 9.86. The van der Waals surface area contributed by atoms with E-state index in [0.717, 1.165) is 77.3 Å². The van der Waals surface area contributed by atoms with Crippen molar-refractivity contribution in [2.45, 2.75) is 26.2 Å². The standard InChI is InChI=1S/C54H40N4/c1-54(2,3)43-28-25-35(26-29-43)40-32-41(34-42(33-40)53-57-51(36-15-6-4-7-16-36)56-52(58-53)37-17-8-5-9-18-37)38-27-30-44-39(31-38)19-14-23-47(44)50-48-22-11-10-20-45(48)46-21-12-13-24-49(46)55-50/h4-34H,1-3H3. The van der Waals surface area contributed by atoms with Gasteiger partial charge in [-0.15, -0.1) is 0 Å². The Bertz CT molecular complexity index is 3070. The van der Waals surface area contributed by atoms with E-state index in [4.69, 9.17) is 19.9 Å². The molecule has 2 aromatic heterocycles. The summed E-state index contributed by atoms with van der Waals surface area (Å²) in [7, 11) is 0. The lowest BCUT2D eigenvalue weighted by molar-refractivity contribution is 0.590. The molecule has 0 bridgehead atoms. The lowest BCUT2D eigenvalue weighted by Gasteiger charge is -2.19. The summed E-state index contributed by atoms with van der Waals surface area (Å²) in [5, 5.41) is 5.83. The highest BCUT2D eigenvalue weighted by Crippen LogP contribution is 2.39. The third kappa shape index (κ3) is 6.59. The molecule has 0 radical (unpaired) electrons. The molecule has 0 saturated heterocycles. The zero-order valence-corrected chi connectivity index (χ0v) is 32.7. The van der Waals surface area contributed by atoms with Crippen LogP contribution in [0.3, 0.4) is 0 Å². The highest BCUT2D eigenvalue weighted by Gasteiger charge is 2.18. The minimum absolute atomic E-state index is 0.0523. The van der Waals surface area contributed by atoms with Crippen molar-refractivity contribution in [2.24, 2.45) is 0 Å². The Balaban J connectivity index is 1.15. The van der Waals surface area contributed by atoms with Gasteiger partial charge in [-0.3, -0.25) is 0 Å².